The summed E-state index contributed by atoms with van der Waals surface area (Å²) in [6.07, 6.45) is 5.56. The smallest absolute Gasteiger partial charge is 0.308 e. The topological polar surface area (TPSA) is 57.0 Å². The average molecular weight is 294 g/mol. The lowest BCUT2D eigenvalue weighted by Gasteiger charge is -2.26. The molecule has 20 heavy (non-hydrogen) atoms. The highest BCUT2D eigenvalue weighted by molar-refractivity contribution is 6.29. The summed E-state index contributed by atoms with van der Waals surface area (Å²) in [7, 11) is 1.45. The van der Waals surface area contributed by atoms with Crippen LogP contribution >= 0.6 is 11.6 Å². The molecule has 1 aliphatic carbocycles. The van der Waals surface area contributed by atoms with E-state index in [-0.39, 0.29) is 11.9 Å². The molecule has 0 radical (unpaired) electrons. The highest BCUT2D eigenvalue weighted by Crippen LogP contribution is 2.33. The largest absolute Gasteiger partial charge is 0.469 e. The quantitative estimate of drug-likeness (QED) is 0.631. The van der Waals surface area contributed by atoms with Crippen LogP contribution in [0.15, 0.2) is 18.3 Å². The predicted molar refractivity (Wildman–Crippen MR) is 75.5 cm³/mol. The van der Waals surface area contributed by atoms with Crippen molar-refractivity contribution in [2.45, 2.75) is 31.7 Å². The Bertz CT molecular complexity index is 632. The number of carbonyl (C=O) groups excluding carboxylic acids is 1. The third-order valence-corrected chi connectivity index (χ3v) is 4.17. The van der Waals surface area contributed by atoms with E-state index in [2.05, 4.69) is 10.1 Å². The fraction of sp³-hybridized carbons (Fsp3) is 0.500. The van der Waals surface area contributed by atoms with Crippen LogP contribution in [0.1, 0.15) is 31.7 Å². The molecule has 1 saturated carbocycles. The summed E-state index contributed by atoms with van der Waals surface area (Å²) in [6.45, 7) is 0. The number of rotatable bonds is 2. The first-order valence-corrected chi connectivity index (χ1v) is 7.14. The maximum Gasteiger partial charge on any atom is 0.308 e. The second-order valence-electron chi connectivity index (χ2n) is 5.18. The van der Waals surface area contributed by atoms with E-state index in [0.29, 0.717) is 16.8 Å². The standard InChI is InChI=1S/C14H16ClN3O2/c1-20-14(19)9-2-5-11(6-3-9)18-8-10-4-7-12(15)16-13(10)17-18/h4,7-9,11H,2-3,5-6H2,1H3. The summed E-state index contributed by atoms with van der Waals surface area (Å²) >= 11 is 5.87. The maximum atomic E-state index is 11.5. The lowest BCUT2D eigenvalue weighted by Crippen LogP contribution is -2.24. The van der Waals surface area contributed by atoms with Crippen LogP contribution < -0.4 is 0 Å². The fourth-order valence-electron chi connectivity index (χ4n) is 2.83. The van der Waals surface area contributed by atoms with Crippen molar-refractivity contribution in [3.8, 4) is 0 Å². The first kappa shape index (κ1) is 13.4. The monoisotopic (exact) mass is 293 g/mol. The number of esters is 1. The number of pyridine rings is 1. The Hall–Kier alpha value is -1.62. The summed E-state index contributed by atoms with van der Waals surface area (Å²) in [4.78, 5) is 15.7. The molecule has 2 aromatic heterocycles. The van der Waals surface area contributed by atoms with Crippen LogP contribution in [-0.4, -0.2) is 27.8 Å². The van der Waals surface area contributed by atoms with E-state index in [1.54, 1.807) is 6.07 Å². The Morgan fingerprint density at radius 3 is 2.80 bits per heavy atom. The normalized spacial score (nSPS) is 22.9. The number of ether oxygens (including phenoxy) is 1. The van der Waals surface area contributed by atoms with Crippen molar-refractivity contribution >= 4 is 28.6 Å². The number of carbonyl (C=O) groups is 1. The van der Waals surface area contributed by atoms with E-state index in [1.165, 1.54) is 7.11 Å². The molecule has 2 heterocycles. The van der Waals surface area contributed by atoms with E-state index in [1.807, 2.05) is 16.9 Å². The number of methoxy groups -OCH3 is 1. The van der Waals surface area contributed by atoms with Crippen molar-refractivity contribution in [3.63, 3.8) is 0 Å². The summed E-state index contributed by atoms with van der Waals surface area (Å²) in [6, 6.07) is 4.02. The maximum absolute atomic E-state index is 11.5. The Balaban J connectivity index is 1.75. The van der Waals surface area contributed by atoms with Crippen molar-refractivity contribution in [2.24, 2.45) is 5.92 Å². The SMILES string of the molecule is COC(=O)C1CCC(n2cc3ccc(Cl)nc3n2)CC1. The van der Waals surface area contributed by atoms with Gasteiger partial charge in [0.05, 0.1) is 19.1 Å². The van der Waals surface area contributed by atoms with Gasteiger partial charge in [-0.25, -0.2) is 4.98 Å². The highest BCUT2D eigenvalue weighted by atomic mass is 35.5. The predicted octanol–water partition coefficient (Wildman–Crippen LogP) is 2.99. The lowest BCUT2D eigenvalue weighted by molar-refractivity contribution is -0.146. The Labute approximate surface area is 121 Å². The zero-order valence-corrected chi connectivity index (χ0v) is 12.0. The minimum atomic E-state index is -0.0949. The zero-order valence-electron chi connectivity index (χ0n) is 11.3. The minimum Gasteiger partial charge on any atom is -0.469 e. The van der Waals surface area contributed by atoms with Crippen molar-refractivity contribution in [1.82, 2.24) is 14.8 Å². The molecule has 0 amide bonds. The van der Waals surface area contributed by atoms with Crippen LogP contribution in [0.4, 0.5) is 0 Å². The van der Waals surface area contributed by atoms with Gasteiger partial charge in [-0.15, -0.1) is 0 Å². The molecule has 2 aromatic rings. The second kappa shape index (κ2) is 5.40. The molecule has 0 N–H and O–H groups in total. The van der Waals surface area contributed by atoms with E-state index in [4.69, 9.17) is 16.3 Å². The van der Waals surface area contributed by atoms with Crippen LogP contribution in [0.25, 0.3) is 11.0 Å². The molecule has 0 aliphatic heterocycles. The zero-order chi connectivity index (χ0) is 14.1. The molecule has 1 aliphatic rings. The van der Waals surface area contributed by atoms with Crippen molar-refractivity contribution in [1.29, 1.82) is 0 Å². The minimum absolute atomic E-state index is 0.0359. The molecule has 0 bridgehead atoms. The summed E-state index contributed by atoms with van der Waals surface area (Å²) < 4.78 is 6.77. The van der Waals surface area contributed by atoms with Crippen LogP contribution in [-0.2, 0) is 9.53 Å². The first-order chi connectivity index (χ1) is 9.67. The highest BCUT2D eigenvalue weighted by Gasteiger charge is 2.28. The van der Waals surface area contributed by atoms with E-state index in [9.17, 15) is 4.79 Å². The number of aromatic nitrogens is 3. The van der Waals surface area contributed by atoms with Crippen molar-refractivity contribution in [2.75, 3.05) is 7.11 Å². The second-order valence-corrected chi connectivity index (χ2v) is 5.57. The van der Waals surface area contributed by atoms with Crippen LogP contribution in [0.3, 0.4) is 0 Å². The molecule has 0 unspecified atom stereocenters. The number of halogens is 1. The Kier molecular flexibility index (Phi) is 3.61. The number of hydrogen-bond acceptors (Lipinski definition) is 4. The van der Waals surface area contributed by atoms with Crippen molar-refractivity contribution < 1.29 is 9.53 Å². The molecule has 0 saturated heterocycles. The summed E-state index contributed by atoms with van der Waals surface area (Å²) in [5.74, 6) is -0.0590. The van der Waals surface area contributed by atoms with Gasteiger partial charge in [-0.3, -0.25) is 9.48 Å². The van der Waals surface area contributed by atoms with Gasteiger partial charge in [0.1, 0.15) is 5.15 Å². The van der Waals surface area contributed by atoms with E-state index in [0.717, 1.165) is 31.1 Å². The third-order valence-electron chi connectivity index (χ3n) is 3.96. The molecular formula is C14H16ClN3O2. The van der Waals surface area contributed by atoms with Crippen LogP contribution in [0.2, 0.25) is 5.15 Å². The van der Waals surface area contributed by atoms with Gasteiger partial charge in [-0.05, 0) is 37.8 Å². The molecule has 5 nitrogen and oxygen atoms in total. The lowest BCUT2D eigenvalue weighted by atomic mass is 9.86. The van der Waals surface area contributed by atoms with Gasteiger partial charge < -0.3 is 4.74 Å². The molecule has 3 rings (SSSR count). The molecule has 0 aromatic carbocycles. The van der Waals surface area contributed by atoms with Crippen LogP contribution in [0.5, 0.6) is 0 Å². The van der Waals surface area contributed by atoms with E-state index < -0.39 is 0 Å². The summed E-state index contributed by atoms with van der Waals surface area (Å²) in [5, 5.41) is 5.94. The van der Waals surface area contributed by atoms with Crippen LogP contribution in [0, 0.1) is 5.92 Å². The van der Waals surface area contributed by atoms with Gasteiger partial charge in [0.25, 0.3) is 0 Å². The van der Waals surface area contributed by atoms with Gasteiger partial charge in [-0.1, -0.05) is 11.6 Å². The average Bonchev–Trinajstić information content (AvgIpc) is 2.89. The Morgan fingerprint density at radius 1 is 1.35 bits per heavy atom. The molecule has 106 valence electrons. The molecule has 0 spiro atoms. The number of hydrogen-bond donors (Lipinski definition) is 0. The first-order valence-electron chi connectivity index (χ1n) is 6.76. The number of nitrogens with zero attached hydrogens (tertiary/aromatic N) is 3. The van der Waals surface area contributed by atoms with Crippen molar-refractivity contribution in [3.05, 3.63) is 23.5 Å². The van der Waals surface area contributed by atoms with Gasteiger partial charge in [0, 0.05) is 11.6 Å². The van der Waals surface area contributed by atoms with Gasteiger partial charge in [0.15, 0.2) is 5.65 Å². The van der Waals surface area contributed by atoms with E-state index >= 15 is 0 Å². The van der Waals surface area contributed by atoms with Gasteiger partial charge in [-0.2, -0.15) is 5.10 Å². The molecular weight excluding hydrogens is 278 g/mol. The third kappa shape index (κ3) is 2.50. The fourth-order valence-corrected chi connectivity index (χ4v) is 2.97. The Morgan fingerprint density at radius 2 is 2.10 bits per heavy atom. The van der Waals surface area contributed by atoms with Gasteiger partial charge in [0.2, 0.25) is 0 Å². The molecule has 1 fully saturated rings. The van der Waals surface area contributed by atoms with Gasteiger partial charge >= 0.3 is 5.97 Å². The summed E-state index contributed by atoms with van der Waals surface area (Å²) in [5.41, 5.74) is 0.674. The molecule has 0 atom stereocenters. The number of fused-ring (bicyclic) bond motifs is 1. The molecule has 6 heteroatoms.